The van der Waals surface area contributed by atoms with Gasteiger partial charge < -0.3 is 5.73 Å². The third-order valence-corrected chi connectivity index (χ3v) is 3.85. The number of likely N-dealkylation sites (tertiary alicyclic amines) is 2. The summed E-state index contributed by atoms with van der Waals surface area (Å²) in [6, 6.07) is 1.14. The predicted octanol–water partition coefficient (Wildman–Crippen LogP) is 1.24. The summed E-state index contributed by atoms with van der Waals surface area (Å²) in [7, 11) is 0. The van der Waals surface area contributed by atoms with Crippen LogP contribution in [0.5, 0.6) is 0 Å². The van der Waals surface area contributed by atoms with Gasteiger partial charge in [0, 0.05) is 36.8 Å². The van der Waals surface area contributed by atoms with Crippen molar-refractivity contribution >= 4 is 11.6 Å². The van der Waals surface area contributed by atoms with Crippen LogP contribution in [0.4, 0.5) is 0 Å². The molecular formula is C12H22ClN3. The second-order valence-electron chi connectivity index (χ2n) is 5.07. The molecule has 0 bridgehead atoms. The van der Waals surface area contributed by atoms with E-state index in [1.54, 1.807) is 0 Å². The third kappa shape index (κ3) is 3.20. The lowest BCUT2D eigenvalue weighted by Crippen LogP contribution is -2.46. The number of halogens is 1. The molecular weight excluding hydrogens is 222 g/mol. The van der Waals surface area contributed by atoms with Crippen molar-refractivity contribution in [1.29, 1.82) is 0 Å². The van der Waals surface area contributed by atoms with Crippen LogP contribution in [0.25, 0.3) is 0 Å². The highest BCUT2D eigenvalue weighted by Crippen LogP contribution is 2.20. The zero-order chi connectivity index (χ0) is 11.5. The van der Waals surface area contributed by atoms with Crippen molar-refractivity contribution in [3.63, 3.8) is 0 Å². The van der Waals surface area contributed by atoms with Crippen molar-refractivity contribution in [1.82, 2.24) is 9.80 Å². The fourth-order valence-electron chi connectivity index (χ4n) is 2.78. The molecule has 92 valence electrons. The largest absolute Gasteiger partial charge is 0.328 e. The molecule has 0 aromatic heterocycles. The Bertz CT molecular complexity index is 249. The van der Waals surface area contributed by atoms with Gasteiger partial charge in [0.1, 0.15) is 0 Å². The van der Waals surface area contributed by atoms with E-state index in [9.17, 15) is 0 Å². The quantitative estimate of drug-likeness (QED) is 0.810. The summed E-state index contributed by atoms with van der Waals surface area (Å²) in [6.07, 6.45) is 3.57. The molecule has 1 atom stereocenters. The van der Waals surface area contributed by atoms with Gasteiger partial charge in [0.05, 0.1) is 0 Å². The monoisotopic (exact) mass is 243 g/mol. The molecule has 0 amide bonds. The van der Waals surface area contributed by atoms with E-state index in [4.69, 9.17) is 17.3 Å². The first-order valence-corrected chi connectivity index (χ1v) is 6.58. The Morgan fingerprint density at radius 2 is 1.94 bits per heavy atom. The molecule has 0 aromatic rings. The van der Waals surface area contributed by atoms with Crippen LogP contribution >= 0.6 is 11.6 Å². The van der Waals surface area contributed by atoms with Gasteiger partial charge in [-0.2, -0.15) is 0 Å². The summed E-state index contributed by atoms with van der Waals surface area (Å²) in [5.74, 6) is 0. The van der Waals surface area contributed by atoms with Gasteiger partial charge >= 0.3 is 0 Å². The minimum absolute atomic E-state index is 0.427. The smallest absolute Gasteiger partial charge is 0.0336 e. The summed E-state index contributed by atoms with van der Waals surface area (Å²) in [5, 5.41) is 0.751. The van der Waals surface area contributed by atoms with Crippen LogP contribution in [0.3, 0.4) is 0 Å². The van der Waals surface area contributed by atoms with E-state index < -0.39 is 0 Å². The summed E-state index contributed by atoms with van der Waals surface area (Å²) < 4.78 is 0. The molecule has 16 heavy (non-hydrogen) atoms. The Labute approximate surface area is 103 Å². The van der Waals surface area contributed by atoms with Crippen LogP contribution in [-0.2, 0) is 0 Å². The molecule has 0 spiro atoms. The molecule has 2 saturated heterocycles. The maximum atomic E-state index is 5.92. The Morgan fingerprint density at radius 1 is 1.25 bits per heavy atom. The van der Waals surface area contributed by atoms with E-state index in [1.807, 2.05) is 0 Å². The average Bonchev–Trinajstić information content (AvgIpc) is 2.66. The van der Waals surface area contributed by atoms with Crippen LogP contribution in [0.1, 0.15) is 19.3 Å². The lowest BCUT2D eigenvalue weighted by Gasteiger charge is -2.34. The maximum absolute atomic E-state index is 5.92. The standard InChI is InChI=1S/C12H22ClN3/c1-10(13)8-15-5-4-12(9-15)16-6-2-11(14)3-7-16/h11-12H,1-9,14H2. The molecule has 4 heteroatoms. The van der Waals surface area contributed by atoms with Crippen molar-refractivity contribution in [3.8, 4) is 0 Å². The van der Waals surface area contributed by atoms with Gasteiger partial charge in [-0.05, 0) is 32.4 Å². The molecule has 2 fully saturated rings. The van der Waals surface area contributed by atoms with Crippen molar-refractivity contribution in [3.05, 3.63) is 11.6 Å². The molecule has 3 nitrogen and oxygen atoms in total. The summed E-state index contributed by atoms with van der Waals surface area (Å²) in [6.45, 7) is 9.23. The highest BCUT2D eigenvalue weighted by Gasteiger charge is 2.29. The minimum Gasteiger partial charge on any atom is -0.328 e. The van der Waals surface area contributed by atoms with Crippen molar-refractivity contribution in [2.45, 2.75) is 31.3 Å². The maximum Gasteiger partial charge on any atom is 0.0336 e. The number of rotatable bonds is 3. The van der Waals surface area contributed by atoms with Gasteiger partial charge in [0.25, 0.3) is 0 Å². The third-order valence-electron chi connectivity index (χ3n) is 3.73. The highest BCUT2D eigenvalue weighted by atomic mass is 35.5. The molecule has 2 heterocycles. The van der Waals surface area contributed by atoms with E-state index in [0.717, 1.165) is 37.5 Å². The van der Waals surface area contributed by atoms with Crippen molar-refractivity contribution in [2.24, 2.45) is 5.73 Å². The fourth-order valence-corrected chi connectivity index (χ4v) is 2.95. The first-order chi connectivity index (χ1) is 7.65. The molecule has 0 saturated carbocycles. The second kappa shape index (κ2) is 5.50. The van der Waals surface area contributed by atoms with E-state index in [2.05, 4.69) is 16.4 Å². The lowest BCUT2D eigenvalue weighted by atomic mass is 10.0. The van der Waals surface area contributed by atoms with E-state index >= 15 is 0 Å². The average molecular weight is 244 g/mol. The normalized spacial score (nSPS) is 29.8. The van der Waals surface area contributed by atoms with Crippen LogP contribution in [-0.4, -0.2) is 54.6 Å². The zero-order valence-corrected chi connectivity index (χ0v) is 10.6. The minimum atomic E-state index is 0.427. The van der Waals surface area contributed by atoms with Crippen molar-refractivity contribution in [2.75, 3.05) is 32.7 Å². The number of nitrogens with two attached hydrogens (primary N) is 1. The van der Waals surface area contributed by atoms with Gasteiger partial charge in [-0.25, -0.2) is 0 Å². The SMILES string of the molecule is C=C(Cl)CN1CCC(N2CCC(N)CC2)C1. The first kappa shape index (κ1) is 12.4. The topological polar surface area (TPSA) is 32.5 Å². The molecule has 2 aliphatic rings. The number of hydrogen-bond acceptors (Lipinski definition) is 3. The second-order valence-corrected chi connectivity index (χ2v) is 5.60. The highest BCUT2D eigenvalue weighted by molar-refractivity contribution is 6.29. The van der Waals surface area contributed by atoms with Crippen LogP contribution in [0, 0.1) is 0 Å². The van der Waals surface area contributed by atoms with E-state index in [0.29, 0.717) is 12.1 Å². The molecule has 2 N–H and O–H groups in total. The van der Waals surface area contributed by atoms with Gasteiger partial charge in [-0.15, -0.1) is 0 Å². The van der Waals surface area contributed by atoms with Crippen LogP contribution in [0.15, 0.2) is 11.6 Å². The number of hydrogen-bond donors (Lipinski definition) is 1. The van der Waals surface area contributed by atoms with Crippen LogP contribution in [0.2, 0.25) is 0 Å². The van der Waals surface area contributed by atoms with Gasteiger partial charge in [-0.3, -0.25) is 9.80 Å². The Hall–Kier alpha value is -0.0900. The Morgan fingerprint density at radius 3 is 2.56 bits per heavy atom. The lowest BCUT2D eigenvalue weighted by molar-refractivity contribution is 0.154. The molecule has 0 aromatic carbocycles. The summed E-state index contributed by atoms with van der Waals surface area (Å²) in [5.41, 5.74) is 5.92. The Balaban J connectivity index is 1.77. The Kier molecular flexibility index (Phi) is 4.25. The molecule has 2 rings (SSSR count). The van der Waals surface area contributed by atoms with Gasteiger partial charge in [0.2, 0.25) is 0 Å². The van der Waals surface area contributed by atoms with Crippen LogP contribution < -0.4 is 5.73 Å². The zero-order valence-electron chi connectivity index (χ0n) is 9.87. The molecule has 2 aliphatic heterocycles. The summed E-state index contributed by atoms with van der Waals surface area (Å²) >= 11 is 5.84. The molecule has 1 unspecified atom stereocenters. The van der Waals surface area contributed by atoms with E-state index in [1.165, 1.54) is 19.5 Å². The fraction of sp³-hybridized carbons (Fsp3) is 0.833. The summed E-state index contributed by atoms with van der Waals surface area (Å²) in [4.78, 5) is 4.99. The number of nitrogens with zero attached hydrogens (tertiary/aromatic N) is 2. The van der Waals surface area contributed by atoms with Crippen molar-refractivity contribution < 1.29 is 0 Å². The molecule has 0 radical (unpaired) electrons. The molecule has 0 aliphatic carbocycles. The first-order valence-electron chi connectivity index (χ1n) is 6.20. The predicted molar refractivity (Wildman–Crippen MR) is 68.6 cm³/mol. The van der Waals surface area contributed by atoms with Gasteiger partial charge in [0.15, 0.2) is 0 Å². The number of piperidine rings is 1. The van der Waals surface area contributed by atoms with E-state index in [-0.39, 0.29) is 0 Å². The van der Waals surface area contributed by atoms with Gasteiger partial charge in [-0.1, -0.05) is 18.2 Å².